The Kier molecular flexibility index (Phi) is 15.0. The van der Waals surface area contributed by atoms with Gasteiger partial charge in [-0.05, 0) is 209 Å². The van der Waals surface area contributed by atoms with Gasteiger partial charge in [0.15, 0.2) is 0 Å². The fourth-order valence-electron chi connectivity index (χ4n) is 12.1. The highest BCUT2D eigenvalue weighted by atomic mass is 32.2. The monoisotopic (exact) mass is 1030 g/mol. The Morgan fingerprint density at radius 1 is 0.507 bits per heavy atom. The summed E-state index contributed by atoms with van der Waals surface area (Å²) >= 11 is 0. The number of carbonyl (C=O) groups excluding carboxylic acids is 2. The third-order valence-corrected chi connectivity index (χ3v) is 16.2. The largest absolute Gasteiger partial charge is 0.355 e. The van der Waals surface area contributed by atoms with Gasteiger partial charge >= 0.3 is 0 Å². The van der Waals surface area contributed by atoms with Crippen LogP contribution in [0, 0.1) is 53.4 Å². The molecule has 2 aliphatic heterocycles. The van der Waals surface area contributed by atoms with E-state index in [0.29, 0.717) is 48.2 Å². The van der Waals surface area contributed by atoms with Gasteiger partial charge in [-0.15, -0.1) is 0 Å². The van der Waals surface area contributed by atoms with Gasteiger partial charge in [-0.25, -0.2) is 0 Å². The molecule has 5 aromatic rings. The van der Waals surface area contributed by atoms with E-state index in [0.717, 1.165) is 68.3 Å². The van der Waals surface area contributed by atoms with E-state index in [1.165, 1.54) is 6.07 Å². The topological polar surface area (TPSA) is 215 Å². The van der Waals surface area contributed by atoms with Gasteiger partial charge in [-0.2, -0.15) is 16.8 Å². The van der Waals surface area contributed by atoms with E-state index in [1.54, 1.807) is 0 Å². The molecule has 73 heavy (non-hydrogen) atoms. The maximum Gasteiger partial charge on any atom is 0.294 e. The lowest BCUT2D eigenvalue weighted by Crippen LogP contribution is -2.59. The van der Waals surface area contributed by atoms with Gasteiger partial charge in [0.25, 0.3) is 20.2 Å². The molecule has 7 rings (SSSR count). The average Bonchev–Trinajstić information content (AvgIpc) is 3.25. The van der Waals surface area contributed by atoms with Crippen molar-refractivity contribution in [3.05, 3.63) is 129 Å². The second-order valence-electron chi connectivity index (χ2n) is 23.3. The Labute approximate surface area is 432 Å². The highest BCUT2D eigenvalue weighted by Gasteiger charge is 2.42. The number of anilines is 6. The van der Waals surface area contributed by atoms with Crippen molar-refractivity contribution in [2.24, 2.45) is 11.8 Å². The molecular weight excluding hydrogens is 961 g/mol. The summed E-state index contributed by atoms with van der Waals surface area (Å²) in [5.74, 6) is -1.26. The van der Waals surface area contributed by atoms with Crippen LogP contribution in [0.5, 0.6) is 0 Å². The van der Waals surface area contributed by atoms with Crippen molar-refractivity contribution in [2.45, 2.75) is 160 Å². The molecule has 0 unspecified atom stereocenters. The molecule has 2 amide bonds. The van der Waals surface area contributed by atoms with Gasteiger partial charge in [0.05, 0.1) is 9.79 Å². The number of benzene rings is 5. The molecule has 8 N–H and O–H groups in total. The van der Waals surface area contributed by atoms with Crippen molar-refractivity contribution in [2.75, 3.05) is 21.3 Å². The maximum absolute atomic E-state index is 13.9. The molecular formula is C57H74N6O8S2. The molecule has 2 fully saturated rings. The first-order chi connectivity index (χ1) is 33.6. The molecule has 2 heterocycles. The summed E-state index contributed by atoms with van der Waals surface area (Å²) in [4.78, 5) is 26.4. The molecule has 2 aliphatic rings. The van der Waals surface area contributed by atoms with Crippen LogP contribution in [0.25, 0.3) is 0 Å². The molecule has 392 valence electrons. The Morgan fingerprint density at radius 3 is 1.18 bits per heavy atom. The lowest BCUT2D eigenvalue weighted by Gasteiger charge is -2.46. The lowest BCUT2D eigenvalue weighted by atomic mass is 9.75. The van der Waals surface area contributed by atoms with Gasteiger partial charge in [0.2, 0.25) is 11.8 Å². The highest BCUT2D eigenvalue weighted by molar-refractivity contribution is 7.86. The molecule has 0 radical (unpaired) electrons. The number of piperidine rings is 2. The molecule has 16 heteroatoms. The summed E-state index contributed by atoms with van der Waals surface area (Å²) < 4.78 is 71.1. The number of amides is 2. The van der Waals surface area contributed by atoms with Crippen molar-refractivity contribution in [3.8, 4) is 0 Å². The maximum atomic E-state index is 13.9. The number of carbonyl (C=O) groups is 2. The van der Waals surface area contributed by atoms with E-state index < -0.39 is 35.9 Å². The molecule has 0 spiro atoms. The normalized spacial score (nSPS) is 17.8. The van der Waals surface area contributed by atoms with Crippen LogP contribution in [0.1, 0.15) is 137 Å². The summed E-state index contributed by atoms with van der Waals surface area (Å²) in [5, 5.41) is 20.9. The van der Waals surface area contributed by atoms with Crippen LogP contribution in [0.4, 0.5) is 34.1 Å². The predicted octanol–water partition coefficient (Wildman–Crippen LogP) is 11.7. The Balaban J connectivity index is 1.20. The van der Waals surface area contributed by atoms with Crippen LogP contribution in [-0.2, 0) is 29.8 Å². The summed E-state index contributed by atoms with van der Waals surface area (Å²) in [6.07, 6.45) is 2.81. The highest BCUT2D eigenvalue weighted by Crippen LogP contribution is 2.42. The summed E-state index contributed by atoms with van der Waals surface area (Å²) in [6, 6.07) is 21.9. The second kappa shape index (κ2) is 19.9. The Morgan fingerprint density at radius 2 is 0.849 bits per heavy atom. The van der Waals surface area contributed by atoms with E-state index in [2.05, 4.69) is 87.3 Å². The molecule has 0 aliphatic carbocycles. The van der Waals surface area contributed by atoms with Crippen molar-refractivity contribution in [1.29, 1.82) is 0 Å². The SMILES string of the molecule is Cc1cc(C)c(Nc2ccc(C(c3ccc(Nc4c(C)cc(C)c(NC(=O)C5CC(C)(C)NC(C)(C)C5)c4C)cc3)c3ccc(S(=O)(=O)O)cc3S(=O)(=O)O)cc2)c(C)c1NC(=O)C1CC(C)(C)NC(C)(C)C1. The van der Waals surface area contributed by atoms with Crippen LogP contribution < -0.4 is 31.9 Å². The molecule has 0 saturated carbocycles. The van der Waals surface area contributed by atoms with Gasteiger partial charge in [-0.1, -0.05) is 42.5 Å². The zero-order valence-electron chi connectivity index (χ0n) is 44.7. The molecule has 14 nitrogen and oxygen atoms in total. The average molecular weight is 1040 g/mol. The van der Waals surface area contributed by atoms with Crippen molar-refractivity contribution in [3.63, 3.8) is 0 Å². The smallest absolute Gasteiger partial charge is 0.294 e. The molecule has 0 aromatic heterocycles. The van der Waals surface area contributed by atoms with Crippen LogP contribution in [0.15, 0.2) is 88.7 Å². The van der Waals surface area contributed by atoms with Crippen molar-refractivity contribution in [1.82, 2.24) is 10.6 Å². The van der Waals surface area contributed by atoms with Gasteiger partial charge < -0.3 is 31.9 Å². The molecule has 2 saturated heterocycles. The fraction of sp³-hybridized carbons (Fsp3) is 0.439. The van der Waals surface area contributed by atoms with E-state index in [9.17, 15) is 35.5 Å². The first kappa shape index (κ1) is 55.1. The van der Waals surface area contributed by atoms with Crippen molar-refractivity contribution >= 4 is 66.2 Å². The third kappa shape index (κ3) is 12.7. The minimum Gasteiger partial charge on any atom is -0.355 e. The quantitative estimate of drug-likeness (QED) is 0.0408. The van der Waals surface area contributed by atoms with E-state index in [1.807, 2.05) is 102 Å². The Bertz CT molecular complexity index is 3010. The zero-order chi connectivity index (χ0) is 54.0. The molecule has 5 aromatic carbocycles. The predicted molar refractivity (Wildman–Crippen MR) is 293 cm³/mol. The summed E-state index contributed by atoms with van der Waals surface area (Å²) in [5.41, 5.74) is 10.6. The molecule has 0 bridgehead atoms. The first-order valence-electron chi connectivity index (χ1n) is 24.9. The van der Waals surface area contributed by atoms with Gasteiger partial charge in [-0.3, -0.25) is 18.7 Å². The third-order valence-electron chi connectivity index (χ3n) is 14.5. The number of hydrogen-bond donors (Lipinski definition) is 8. The van der Waals surface area contributed by atoms with Crippen LogP contribution >= 0.6 is 0 Å². The first-order valence-corrected chi connectivity index (χ1v) is 27.8. The Hall–Kier alpha value is -5.62. The number of hydrogen-bond acceptors (Lipinski definition) is 10. The van der Waals surface area contributed by atoms with Gasteiger partial charge in [0, 0.05) is 74.0 Å². The molecule has 0 atom stereocenters. The van der Waals surface area contributed by atoms with E-state index >= 15 is 0 Å². The summed E-state index contributed by atoms with van der Waals surface area (Å²) in [7, 11) is -9.87. The fourth-order valence-corrected chi connectivity index (χ4v) is 13.4. The van der Waals surface area contributed by atoms with Gasteiger partial charge in [0.1, 0.15) is 0 Å². The van der Waals surface area contributed by atoms with Crippen LogP contribution in [-0.4, -0.2) is 59.9 Å². The second-order valence-corrected chi connectivity index (χ2v) is 26.1. The number of nitrogens with one attached hydrogen (secondary N) is 6. The summed E-state index contributed by atoms with van der Waals surface area (Å²) in [6.45, 7) is 28.9. The number of aryl methyl sites for hydroxylation is 4. The van der Waals surface area contributed by atoms with Crippen LogP contribution in [0.2, 0.25) is 0 Å². The van der Waals surface area contributed by atoms with E-state index in [-0.39, 0.29) is 51.4 Å². The van der Waals surface area contributed by atoms with Crippen molar-refractivity contribution < 1.29 is 35.5 Å². The standard InChI is InChI=1S/C57H74N6O8S2/c1-32-25-34(3)50(60-52(64)40-28-54(7,8)62-55(9,10)29-40)36(5)48(32)58-42-19-15-38(16-20-42)47(45-24-23-44(72(66,67)68)27-46(45)73(69,70)71)39-17-21-43(22-18-39)59-49-33(2)26-35(4)51(37(49)6)61-53(65)41-30-56(11,12)63-57(13,14)31-41/h15-27,40-41,47,58-59,62-63H,28-31H2,1-14H3,(H,60,64)(H,61,65)(H,66,67,68)(H,69,70,71). The zero-order valence-corrected chi connectivity index (χ0v) is 46.4. The minimum absolute atomic E-state index is 0.0202. The lowest BCUT2D eigenvalue weighted by molar-refractivity contribution is -0.123. The number of rotatable bonds is 13. The van der Waals surface area contributed by atoms with E-state index in [4.69, 9.17) is 0 Å². The minimum atomic E-state index is -5.03. The van der Waals surface area contributed by atoms with Crippen LogP contribution in [0.3, 0.4) is 0 Å².